The van der Waals surface area contributed by atoms with Crippen molar-refractivity contribution in [2.75, 3.05) is 26.7 Å². The number of ether oxygens (including phenoxy) is 1. The Morgan fingerprint density at radius 2 is 1.92 bits per heavy atom. The molecule has 0 saturated heterocycles. The molecule has 128 valence electrons. The van der Waals surface area contributed by atoms with Gasteiger partial charge in [-0.1, -0.05) is 26.0 Å². The van der Waals surface area contributed by atoms with E-state index < -0.39 is 0 Å². The van der Waals surface area contributed by atoms with Gasteiger partial charge in [0, 0.05) is 18.9 Å². The molecule has 0 spiro atoms. The van der Waals surface area contributed by atoms with E-state index in [9.17, 15) is 4.79 Å². The maximum atomic E-state index is 12.3. The molecule has 0 bridgehead atoms. The van der Waals surface area contributed by atoms with E-state index >= 15 is 0 Å². The van der Waals surface area contributed by atoms with Crippen LogP contribution in [-0.2, 0) is 0 Å². The summed E-state index contributed by atoms with van der Waals surface area (Å²) in [7, 11) is 1.66. The number of carbonyl (C=O) groups is 1. The van der Waals surface area contributed by atoms with Crippen LogP contribution in [0.4, 0.5) is 0 Å². The van der Waals surface area contributed by atoms with Crippen LogP contribution in [0.1, 0.15) is 35.8 Å². The molecule has 1 aromatic heterocycles. The van der Waals surface area contributed by atoms with Gasteiger partial charge in [0.1, 0.15) is 5.75 Å². The van der Waals surface area contributed by atoms with Crippen molar-refractivity contribution in [3.8, 4) is 5.75 Å². The lowest BCUT2D eigenvalue weighted by Crippen LogP contribution is -2.38. The van der Waals surface area contributed by atoms with Crippen LogP contribution < -0.4 is 10.1 Å². The van der Waals surface area contributed by atoms with Crippen LogP contribution >= 0.6 is 0 Å². The van der Waals surface area contributed by atoms with Crippen molar-refractivity contribution in [3.05, 3.63) is 59.9 Å². The number of rotatable bonds is 8. The second-order valence-electron chi connectivity index (χ2n) is 5.46. The predicted molar refractivity (Wildman–Crippen MR) is 95.2 cm³/mol. The molecule has 5 nitrogen and oxygen atoms in total. The third-order valence-corrected chi connectivity index (χ3v) is 4.13. The van der Waals surface area contributed by atoms with Gasteiger partial charge in [-0.15, -0.1) is 0 Å². The van der Waals surface area contributed by atoms with Gasteiger partial charge in [0.25, 0.3) is 5.91 Å². The molecule has 0 radical (unpaired) electrons. The molecule has 0 fully saturated rings. The van der Waals surface area contributed by atoms with Crippen LogP contribution in [0.3, 0.4) is 0 Å². The molecule has 1 amide bonds. The highest BCUT2D eigenvalue weighted by Crippen LogP contribution is 2.22. The van der Waals surface area contributed by atoms with E-state index in [4.69, 9.17) is 4.74 Å². The lowest BCUT2D eigenvalue weighted by atomic mass is 10.0. The SMILES string of the molecule is CCN(CC)C(CNC(=O)c1cccnc1)c1ccc(OC)cc1. The van der Waals surface area contributed by atoms with Crippen molar-refractivity contribution in [1.29, 1.82) is 0 Å². The zero-order chi connectivity index (χ0) is 17.4. The van der Waals surface area contributed by atoms with Gasteiger partial charge in [0.05, 0.1) is 18.7 Å². The molecule has 24 heavy (non-hydrogen) atoms. The molecule has 5 heteroatoms. The van der Waals surface area contributed by atoms with Gasteiger partial charge in [-0.25, -0.2) is 0 Å². The first-order valence-electron chi connectivity index (χ1n) is 8.25. The smallest absolute Gasteiger partial charge is 0.252 e. The summed E-state index contributed by atoms with van der Waals surface area (Å²) in [6.45, 7) is 6.62. The van der Waals surface area contributed by atoms with Gasteiger partial charge >= 0.3 is 0 Å². The Kier molecular flexibility index (Phi) is 6.75. The van der Waals surface area contributed by atoms with Crippen molar-refractivity contribution in [1.82, 2.24) is 15.2 Å². The average molecular weight is 327 g/mol. The molecule has 0 saturated carbocycles. The molecular formula is C19H25N3O2. The zero-order valence-corrected chi connectivity index (χ0v) is 14.5. The second kappa shape index (κ2) is 9.03. The highest BCUT2D eigenvalue weighted by Gasteiger charge is 2.19. The average Bonchev–Trinajstić information content (AvgIpc) is 2.65. The van der Waals surface area contributed by atoms with E-state index in [-0.39, 0.29) is 11.9 Å². The number of nitrogens with one attached hydrogen (secondary N) is 1. The largest absolute Gasteiger partial charge is 0.497 e. The Morgan fingerprint density at radius 1 is 1.21 bits per heavy atom. The summed E-state index contributed by atoms with van der Waals surface area (Å²) in [4.78, 5) is 18.6. The van der Waals surface area contributed by atoms with E-state index in [1.807, 2.05) is 12.1 Å². The molecule has 0 aliphatic carbocycles. The van der Waals surface area contributed by atoms with Crippen LogP contribution in [-0.4, -0.2) is 42.5 Å². The van der Waals surface area contributed by atoms with E-state index in [2.05, 4.69) is 41.2 Å². The van der Waals surface area contributed by atoms with Crippen LogP contribution in [0.15, 0.2) is 48.8 Å². The fourth-order valence-electron chi connectivity index (χ4n) is 2.74. The summed E-state index contributed by atoms with van der Waals surface area (Å²) in [5.41, 5.74) is 1.73. The van der Waals surface area contributed by atoms with Gasteiger partial charge < -0.3 is 10.1 Å². The van der Waals surface area contributed by atoms with Crippen molar-refractivity contribution in [2.24, 2.45) is 0 Å². The normalized spacial score (nSPS) is 12.0. The van der Waals surface area contributed by atoms with Crippen molar-refractivity contribution >= 4 is 5.91 Å². The molecule has 0 aliphatic heterocycles. The lowest BCUT2D eigenvalue weighted by Gasteiger charge is -2.30. The number of carbonyl (C=O) groups excluding carboxylic acids is 1. The fraction of sp³-hybridized carbons (Fsp3) is 0.368. The highest BCUT2D eigenvalue weighted by atomic mass is 16.5. The maximum absolute atomic E-state index is 12.3. The van der Waals surface area contributed by atoms with Crippen LogP contribution in [0.5, 0.6) is 5.75 Å². The van der Waals surface area contributed by atoms with Crippen LogP contribution in [0, 0.1) is 0 Å². The van der Waals surface area contributed by atoms with Gasteiger partial charge in [0.2, 0.25) is 0 Å². The molecule has 0 aliphatic rings. The third-order valence-electron chi connectivity index (χ3n) is 4.13. The van der Waals surface area contributed by atoms with Crippen LogP contribution in [0.25, 0.3) is 0 Å². The Bertz CT molecular complexity index is 625. The number of hydrogen-bond donors (Lipinski definition) is 1. The van der Waals surface area contributed by atoms with Gasteiger partial charge in [0.15, 0.2) is 0 Å². The molecule has 1 heterocycles. The molecular weight excluding hydrogens is 302 g/mol. The van der Waals surface area contributed by atoms with E-state index in [0.29, 0.717) is 12.1 Å². The zero-order valence-electron chi connectivity index (χ0n) is 14.5. The number of amides is 1. The second-order valence-corrected chi connectivity index (χ2v) is 5.46. The van der Waals surface area contributed by atoms with Crippen LogP contribution in [0.2, 0.25) is 0 Å². The van der Waals surface area contributed by atoms with E-state index in [0.717, 1.165) is 24.4 Å². The molecule has 1 unspecified atom stereocenters. The number of pyridine rings is 1. The quantitative estimate of drug-likeness (QED) is 0.810. The van der Waals surface area contributed by atoms with E-state index in [1.165, 1.54) is 0 Å². The summed E-state index contributed by atoms with van der Waals surface area (Å²) in [6, 6.07) is 11.7. The van der Waals surface area contributed by atoms with Gasteiger partial charge in [-0.05, 0) is 42.9 Å². The number of likely N-dealkylation sites (N-methyl/N-ethyl adjacent to an activating group) is 1. The Labute approximate surface area is 143 Å². The maximum Gasteiger partial charge on any atom is 0.252 e. The topological polar surface area (TPSA) is 54.5 Å². The molecule has 1 aromatic carbocycles. The standard InChI is InChI=1S/C19H25N3O2/c1-4-22(5-2)18(15-8-10-17(24-3)11-9-15)14-21-19(23)16-7-6-12-20-13-16/h6-13,18H,4-5,14H2,1-3H3,(H,21,23). The van der Waals surface area contributed by atoms with E-state index in [1.54, 1.807) is 31.6 Å². The monoisotopic (exact) mass is 327 g/mol. The van der Waals surface area contributed by atoms with Gasteiger partial charge in [-0.3, -0.25) is 14.7 Å². The lowest BCUT2D eigenvalue weighted by molar-refractivity contribution is 0.0934. The molecule has 1 atom stereocenters. The first-order valence-corrected chi connectivity index (χ1v) is 8.25. The third kappa shape index (κ3) is 4.55. The first kappa shape index (κ1) is 17.9. The van der Waals surface area contributed by atoms with Crippen molar-refractivity contribution < 1.29 is 9.53 Å². The molecule has 1 N–H and O–H groups in total. The van der Waals surface area contributed by atoms with Gasteiger partial charge in [-0.2, -0.15) is 0 Å². The Balaban J connectivity index is 2.12. The minimum Gasteiger partial charge on any atom is -0.497 e. The summed E-state index contributed by atoms with van der Waals surface area (Å²) in [5, 5.41) is 3.02. The number of benzene rings is 1. The van der Waals surface area contributed by atoms with Crippen molar-refractivity contribution in [3.63, 3.8) is 0 Å². The Morgan fingerprint density at radius 3 is 2.46 bits per heavy atom. The fourth-order valence-corrected chi connectivity index (χ4v) is 2.74. The van der Waals surface area contributed by atoms with Crippen molar-refractivity contribution in [2.45, 2.75) is 19.9 Å². The molecule has 2 aromatic rings. The number of nitrogens with zero attached hydrogens (tertiary/aromatic N) is 2. The minimum atomic E-state index is -0.103. The summed E-state index contributed by atoms with van der Waals surface area (Å²) >= 11 is 0. The number of hydrogen-bond acceptors (Lipinski definition) is 4. The highest BCUT2D eigenvalue weighted by molar-refractivity contribution is 5.93. The number of aromatic nitrogens is 1. The minimum absolute atomic E-state index is 0.103. The first-order chi connectivity index (χ1) is 11.7. The predicted octanol–water partition coefficient (Wildman–Crippen LogP) is 2.90. The summed E-state index contributed by atoms with van der Waals surface area (Å²) in [6.07, 6.45) is 3.24. The summed E-state index contributed by atoms with van der Waals surface area (Å²) < 4.78 is 5.23. The summed E-state index contributed by atoms with van der Waals surface area (Å²) in [5.74, 6) is 0.727. The Hall–Kier alpha value is -2.40. The number of methoxy groups -OCH3 is 1. The molecule has 2 rings (SSSR count).